The van der Waals surface area contributed by atoms with Crippen molar-refractivity contribution in [2.45, 2.75) is 49.8 Å². The number of carbonyl (C=O) groups excluding carboxylic acids is 1. The van der Waals surface area contributed by atoms with E-state index in [2.05, 4.69) is 4.98 Å². The minimum atomic E-state index is -3.37. The molecule has 0 unspecified atom stereocenters. The number of aliphatic carboxylic acids is 3. The van der Waals surface area contributed by atoms with Crippen LogP contribution < -0.4 is 9.47 Å². The molecule has 7 rings (SSSR count). The average Bonchev–Trinajstić information content (AvgIpc) is 3.89. The van der Waals surface area contributed by atoms with Gasteiger partial charge in [0.2, 0.25) is 25.1 Å². The molecule has 1 fully saturated rings. The van der Waals surface area contributed by atoms with E-state index in [0.29, 0.717) is 40.5 Å². The Hall–Kier alpha value is -6.25. The molecule has 266 valence electrons. The Morgan fingerprint density at radius 2 is 1.63 bits per heavy atom. The number of para-hydroxylation sites is 2. The number of allylic oxidation sites excluding steroid dienone is 1. The third-order valence-corrected chi connectivity index (χ3v) is 9.29. The molecule has 1 amide bonds. The van der Waals surface area contributed by atoms with Crippen molar-refractivity contribution >= 4 is 51.8 Å². The molecule has 1 aromatic heterocycles. The first-order valence-corrected chi connectivity index (χ1v) is 16.3. The number of carboxylic acid groups (broad SMARTS) is 3. The quantitative estimate of drug-likeness (QED) is 0.146. The Bertz CT molecular complexity index is 2180. The van der Waals surface area contributed by atoms with Gasteiger partial charge in [0.15, 0.2) is 17.1 Å². The van der Waals surface area contributed by atoms with Crippen LogP contribution in [0.15, 0.2) is 95.4 Å². The fourth-order valence-corrected chi connectivity index (χ4v) is 6.58. The monoisotopic (exact) mass is 708 g/mol. The number of ether oxygens (including phenoxy) is 4. The van der Waals surface area contributed by atoms with Gasteiger partial charge in [-0.25, -0.2) is 19.4 Å². The zero-order valence-electron chi connectivity index (χ0n) is 27.6. The van der Waals surface area contributed by atoms with E-state index in [1.165, 1.54) is 4.90 Å². The highest BCUT2D eigenvalue weighted by atomic mass is 16.8. The molecule has 1 saturated heterocycles. The summed E-state index contributed by atoms with van der Waals surface area (Å²) in [5, 5.41) is 31.4. The van der Waals surface area contributed by atoms with Crippen molar-refractivity contribution in [1.82, 2.24) is 9.88 Å². The van der Waals surface area contributed by atoms with E-state index < -0.39 is 53.8 Å². The van der Waals surface area contributed by atoms with Crippen molar-refractivity contribution < 1.29 is 57.9 Å². The van der Waals surface area contributed by atoms with E-state index in [1.54, 1.807) is 31.2 Å². The minimum Gasteiger partial charge on any atom is -0.479 e. The predicted octanol–water partition coefficient (Wildman–Crippen LogP) is 5.05. The lowest BCUT2D eigenvalue weighted by molar-refractivity contribution is -0.188. The first kappa shape index (κ1) is 34.2. The molecule has 0 radical (unpaired) electrons. The van der Waals surface area contributed by atoms with Crippen LogP contribution in [0, 0.1) is 0 Å². The lowest BCUT2D eigenvalue weighted by Crippen LogP contribution is -2.57. The number of nitrogens with zero attached hydrogens (tertiary/aromatic N) is 2. The number of benzene rings is 4. The molecule has 14 nitrogen and oxygen atoms in total. The maximum atomic E-state index is 14.5. The standard InChI is InChI=1S/C38H32N2O12/c1-21(26(25-15-16-29-30(18-25)49-20-48-29)9-6-12-31-39-27-10-4-5-11-28(27)50-31)40(19-22-13-14-23-7-2-3-8-24(23)17-22)33(41)35-51-32(34(42)43)38(52-35,36(44)45)37(46)47/h2-8,10-18,21,26,32,35H,9,19-20H2,1H3,(H,42,43)(H,44,45)(H,46,47)/b12-6+/t21-,26+,32+,35-/m1/s1. The summed E-state index contributed by atoms with van der Waals surface area (Å²) in [4.78, 5) is 56.9. The van der Waals surface area contributed by atoms with Crippen molar-refractivity contribution in [1.29, 1.82) is 0 Å². The lowest BCUT2D eigenvalue weighted by Gasteiger charge is -2.36. The molecule has 4 aromatic carbocycles. The molecule has 3 N–H and O–H groups in total. The van der Waals surface area contributed by atoms with Gasteiger partial charge in [0.1, 0.15) is 5.52 Å². The van der Waals surface area contributed by atoms with Crippen molar-refractivity contribution in [2.75, 3.05) is 6.79 Å². The summed E-state index contributed by atoms with van der Waals surface area (Å²) in [6.45, 7) is 1.75. The molecule has 2 aliphatic rings. The van der Waals surface area contributed by atoms with Gasteiger partial charge >= 0.3 is 23.5 Å². The second-order valence-corrected chi connectivity index (χ2v) is 12.4. The van der Waals surface area contributed by atoms with Gasteiger partial charge < -0.3 is 43.6 Å². The summed E-state index contributed by atoms with van der Waals surface area (Å²) in [6, 6.07) is 25.2. The van der Waals surface area contributed by atoms with Gasteiger partial charge in [0, 0.05) is 18.5 Å². The molecule has 3 heterocycles. The number of hydrogen-bond donors (Lipinski definition) is 3. The van der Waals surface area contributed by atoms with Crippen LogP contribution in [0.2, 0.25) is 0 Å². The lowest BCUT2D eigenvalue weighted by atomic mass is 9.87. The van der Waals surface area contributed by atoms with Crippen LogP contribution in [0.3, 0.4) is 0 Å². The Labute approximate surface area is 295 Å². The number of carboxylic acids is 3. The van der Waals surface area contributed by atoms with Gasteiger partial charge in [0.05, 0.1) is 0 Å². The summed E-state index contributed by atoms with van der Waals surface area (Å²) in [6.07, 6.45) is -0.809. The molecule has 0 bridgehead atoms. The SMILES string of the molecule is C[C@H]([C@H](C/C=C/c1nc2ccccc2o1)c1ccc2c(c1)OCO2)N(Cc1ccc2ccccc2c1)C(=O)[C@@H]1O[C@@H](C(=O)O)C(C(=O)O)(C(=O)O)O1. The number of amides is 1. The smallest absolute Gasteiger partial charge is 0.351 e. The maximum absolute atomic E-state index is 14.5. The van der Waals surface area contributed by atoms with Gasteiger partial charge in [-0.15, -0.1) is 0 Å². The summed E-state index contributed by atoms with van der Waals surface area (Å²) in [5.74, 6) is -6.20. The highest BCUT2D eigenvalue weighted by Crippen LogP contribution is 2.39. The first-order valence-electron chi connectivity index (χ1n) is 16.3. The summed E-state index contributed by atoms with van der Waals surface area (Å²) in [5.41, 5.74) is -0.642. The number of oxazole rings is 1. The average molecular weight is 709 g/mol. The van der Waals surface area contributed by atoms with Crippen LogP contribution in [0.4, 0.5) is 0 Å². The fraction of sp³-hybridized carbons (Fsp3) is 0.237. The number of hydrogen-bond acceptors (Lipinski definition) is 10. The van der Waals surface area contributed by atoms with Crippen LogP contribution in [0.25, 0.3) is 27.9 Å². The van der Waals surface area contributed by atoms with Crippen molar-refractivity contribution in [2.24, 2.45) is 0 Å². The molecule has 2 aliphatic heterocycles. The predicted molar refractivity (Wildman–Crippen MR) is 182 cm³/mol. The minimum absolute atomic E-state index is 0.0409. The van der Waals surface area contributed by atoms with Crippen LogP contribution in [0.1, 0.15) is 36.3 Å². The van der Waals surface area contributed by atoms with Gasteiger partial charge in [-0.1, -0.05) is 60.7 Å². The second-order valence-electron chi connectivity index (χ2n) is 12.4. The molecule has 0 aliphatic carbocycles. The van der Waals surface area contributed by atoms with Crippen molar-refractivity contribution in [3.63, 3.8) is 0 Å². The third kappa shape index (κ3) is 6.29. The number of carbonyl (C=O) groups is 4. The van der Waals surface area contributed by atoms with Crippen molar-refractivity contribution in [3.8, 4) is 11.5 Å². The molecule has 0 saturated carbocycles. The number of fused-ring (bicyclic) bond motifs is 3. The summed E-state index contributed by atoms with van der Waals surface area (Å²) >= 11 is 0. The van der Waals surface area contributed by atoms with E-state index in [1.807, 2.05) is 72.8 Å². The molecular formula is C38H32N2O12. The summed E-state index contributed by atoms with van der Waals surface area (Å²) in [7, 11) is 0. The highest BCUT2D eigenvalue weighted by Gasteiger charge is 2.67. The van der Waals surface area contributed by atoms with E-state index in [4.69, 9.17) is 23.4 Å². The van der Waals surface area contributed by atoms with E-state index in [-0.39, 0.29) is 13.3 Å². The van der Waals surface area contributed by atoms with Gasteiger partial charge in [0.25, 0.3) is 5.91 Å². The molecule has 14 heteroatoms. The van der Waals surface area contributed by atoms with Crippen LogP contribution in [-0.4, -0.2) is 79.8 Å². The molecule has 0 spiro atoms. The second kappa shape index (κ2) is 13.8. The highest BCUT2D eigenvalue weighted by molar-refractivity contribution is 6.08. The van der Waals surface area contributed by atoms with Gasteiger partial charge in [-0.2, -0.15) is 0 Å². The Kier molecular flexibility index (Phi) is 9.09. The fourth-order valence-electron chi connectivity index (χ4n) is 6.58. The van der Waals surface area contributed by atoms with Gasteiger partial charge in [-0.05, 0) is 71.7 Å². The van der Waals surface area contributed by atoms with Gasteiger partial charge in [-0.3, -0.25) is 4.79 Å². The Morgan fingerprint density at radius 1 is 0.904 bits per heavy atom. The largest absolute Gasteiger partial charge is 0.479 e. The molecule has 4 atom stereocenters. The zero-order valence-corrected chi connectivity index (χ0v) is 27.6. The Balaban J connectivity index is 1.27. The topological polar surface area (TPSA) is 195 Å². The normalized spacial score (nSPS) is 18.8. The number of aromatic nitrogens is 1. The van der Waals surface area contributed by atoms with Crippen molar-refractivity contribution in [3.05, 3.63) is 108 Å². The zero-order chi connectivity index (χ0) is 36.6. The van der Waals surface area contributed by atoms with Crippen LogP contribution >= 0.6 is 0 Å². The van der Waals surface area contributed by atoms with Crippen LogP contribution in [-0.2, 0) is 35.2 Å². The van der Waals surface area contributed by atoms with E-state index in [0.717, 1.165) is 16.3 Å². The van der Waals surface area contributed by atoms with E-state index in [9.17, 15) is 34.5 Å². The summed E-state index contributed by atoms with van der Waals surface area (Å²) < 4.78 is 27.7. The maximum Gasteiger partial charge on any atom is 0.351 e. The Morgan fingerprint density at radius 3 is 2.37 bits per heavy atom. The number of rotatable bonds is 12. The third-order valence-electron chi connectivity index (χ3n) is 9.29. The van der Waals surface area contributed by atoms with E-state index >= 15 is 0 Å². The first-order chi connectivity index (χ1) is 25.0. The molecule has 52 heavy (non-hydrogen) atoms. The molecule has 5 aromatic rings. The molecular weight excluding hydrogens is 676 g/mol. The van der Waals surface area contributed by atoms with Crippen LogP contribution in [0.5, 0.6) is 11.5 Å².